The van der Waals surface area contributed by atoms with Crippen LogP contribution in [0.4, 0.5) is 5.95 Å². The van der Waals surface area contributed by atoms with E-state index in [0.29, 0.717) is 6.04 Å². The smallest absolute Gasteiger partial charge is 0.245 e. The summed E-state index contributed by atoms with van der Waals surface area (Å²) in [5, 5.41) is 8.21. The summed E-state index contributed by atoms with van der Waals surface area (Å²) in [5.41, 5.74) is 0.917. The Hall–Kier alpha value is -1.62. The molecule has 20 heavy (non-hydrogen) atoms. The van der Waals surface area contributed by atoms with Crippen molar-refractivity contribution in [2.24, 2.45) is 0 Å². The molecule has 0 radical (unpaired) electrons. The first-order valence-corrected chi connectivity index (χ1v) is 7.66. The molecular formula is C15H23N5. The van der Waals surface area contributed by atoms with Gasteiger partial charge in [-0.05, 0) is 37.9 Å². The van der Waals surface area contributed by atoms with Crippen molar-refractivity contribution in [2.45, 2.75) is 38.6 Å². The van der Waals surface area contributed by atoms with Gasteiger partial charge in [0.1, 0.15) is 0 Å². The second-order valence-electron chi connectivity index (χ2n) is 5.51. The van der Waals surface area contributed by atoms with Crippen molar-refractivity contribution >= 4 is 11.6 Å². The van der Waals surface area contributed by atoms with Gasteiger partial charge in [-0.15, -0.1) is 5.10 Å². The molecule has 1 fully saturated rings. The lowest BCUT2D eigenvalue weighted by Gasteiger charge is -2.29. The molecule has 3 heterocycles. The normalized spacial score (nSPS) is 19.4. The Bertz CT molecular complexity index is 511. The SMILES string of the molecule is CCCN(CC1CCCCN1)c1nc2ccccn2n1. The average molecular weight is 273 g/mol. The first-order chi connectivity index (χ1) is 9.86. The maximum Gasteiger partial charge on any atom is 0.245 e. The van der Waals surface area contributed by atoms with Gasteiger partial charge in [-0.3, -0.25) is 0 Å². The molecule has 0 bridgehead atoms. The van der Waals surface area contributed by atoms with E-state index < -0.39 is 0 Å². The summed E-state index contributed by atoms with van der Waals surface area (Å²) in [7, 11) is 0. The molecule has 1 aliphatic heterocycles. The Morgan fingerprint density at radius 3 is 3.10 bits per heavy atom. The lowest BCUT2D eigenvalue weighted by atomic mass is 10.0. The number of hydrogen-bond acceptors (Lipinski definition) is 4. The van der Waals surface area contributed by atoms with E-state index in [4.69, 9.17) is 0 Å². The highest BCUT2D eigenvalue weighted by molar-refractivity contribution is 5.44. The minimum absolute atomic E-state index is 0.571. The Morgan fingerprint density at radius 2 is 2.35 bits per heavy atom. The number of nitrogens with one attached hydrogen (secondary N) is 1. The number of rotatable bonds is 5. The molecule has 5 heteroatoms. The van der Waals surface area contributed by atoms with E-state index in [1.54, 1.807) is 0 Å². The van der Waals surface area contributed by atoms with Crippen molar-refractivity contribution in [1.82, 2.24) is 19.9 Å². The number of aromatic nitrogens is 3. The fourth-order valence-corrected chi connectivity index (χ4v) is 2.84. The van der Waals surface area contributed by atoms with Crippen LogP contribution >= 0.6 is 0 Å². The number of hydrogen-bond donors (Lipinski definition) is 1. The van der Waals surface area contributed by atoms with Crippen LogP contribution in [0.2, 0.25) is 0 Å². The summed E-state index contributed by atoms with van der Waals surface area (Å²) >= 11 is 0. The van der Waals surface area contributed by atoms with Gasteiger partial charge in [0, 0.05) is 25.3 Å². The first-order valence-electron chi connectivity index (χ1n) is 7.66. The molecule has 0 aromatic carbocycles. The fourth-order valence-electron chi connectivity index (χ4n) is 2.84. The number of nitrogens with zero attached hydrogens (tertiary/aromatic N) is 4. The number of pyridine rings is 1. The lowest BCUT2D eigenvalue weighted by molar-refractivity contribution is 0.397. The number of fused-ring (bicyclic) bond motifs is 1. The third kappa shape index (κ3) is 2.93. The van der Waals surface area contributed by atoms with Gasteiger partial charge in [0.05, 0.1) is 0 Å². The van der Waals surface area contributed by atoms with E-state index in [1.165, 1.54) is 19.3 Å². The van der Waals surface area contributed by atoms with E-state index in [2.05, 4.69) is 27.2 Å². The molecule has 1 atom stereocenters. The van der Waals surface area contributed by atoms with Crippen molar-refractivity contribution in [1.29, 1.82) is 0 Å². The second kappa shape index (κ2) is 6.22. The van der Waals surface area contributed by atoms with Crippen LogP contribution in [0.25, 0.3) is 5.65 Å². The van der Waals surface area contributed by atoms with Gasteiger partial charge in [0.2, 0.25) is 5.95 Å². The highest BCUT2D eigenvalue weighted by Crippen LogP contribution is 2.14. The standard InChI is InChI=1S/C15H23N5/c1-2-10-19(12-13-7-3-5-9-16-13)15-17-14-8-4-6-11-20(14)18-15/h4,6,8,11,13,16H,2-3,5,7,9-10,12H2,1H3. The molecule has 1 unspecified atom stereocenters. The Kier molecular flexibility index (Phi) is 4.16. The van der Waals surface area contributed by atoms with Crippen LogP contribution in [0, 0.1) is 0 Å². The summed E-state index contributed by atoms with van der Waals surface area (Å²) in [6.45, 7) is 5.36. The van der Waals surface area contributed by atoms with Gasteiger partial charge < -0.3 is 10.2 Å². The van der Waals surface area contributed by atoms with Crippen LogP contribution in [-0.4, -0.2) is 40.3 Å². The van der Waals surface area contributed by atoms with Crippen LogP contribution in [-0.2, 0) is 0 Å². The first kappa shape index (κ1) is 13.4. The van der Waals surface area contributed by atoms with Gasteiger partial charge >= 0.3 is 0 Å². The minimum Gasteiger partial charge on any atom is -0.338 e. The maximum absolute atomic E-state index is 4.65. The summed E-state index contributed by atoms with van der Waals surface area (Å²) in [6, 6.07) is 6.56. The van der Waals surface area contributed by atoms with Gasteiger partial charge in [0.15, 0.2) is 5.65 Å². The number of anilines is 1. The summed E-state index contributed by atoms with van der Waals surface area (Å²) in [4.78, 5) is 6.96. The summed E-state index contributed by atoms with van der Waals surface area (Å²) < 4.78 is 1.85. The van der Waals surface area contributed by atoms with Gasteiger partial charge in [-0.2, -0.15) is 4.98 Å². The number of piperidine rings is 1. The van der Waals surface area contributed by atoms with Crippen molar-refractivity contribution in [3.05, 3.63) is 24.4 Å². The Balaban J connectivity index is 1.77. The van der Waals surface area contributed by atoms with Crippen molar-refractivity contribution in [3.63, 3.8) is 0 Å². The fraction of sp³-hybridized carbons (Fsp3) is 0.600. The zero-order chi connectivity index (χ0) is 13.8. The predicted molar refractivity (Wildman–Crippen MR) is 81.1 cm³/mol. The van der Waals surface area contributed by atoms with Crippen LogP contribution in [0.3, 0.4) is 0 Å². The molecule has 3 rings (SSSR count). The molecule has 1 saturated heterocycles. The monoisotopic (exact) mass is 273 g/mol. The largest absolute Gasteiger partial charge is 0.338 e. The summed E-state index contributed by atoms with van der Waals surface area (Å²) in [6.07, 6.45) is 6.96. The molecule has 1 N–H and O–H groups in total. The molecule has 108 valence electrons. The van der Waals surface area contributed by atoms with E-state index in [0.717, 1.165) is 37.7 Å². The maximum atomic E-state index is 4.65. The molecule has 1 aliphatic rings. The molecular weight excluding hydrogens is 250 g/mol. The third-order valence-corrected chi connectivity index (χ3v) is 3.86. The highest BCUT2D eigenvalue weighted by atomic mass is 15.4. The molecule has 0 spiro atoms. The second-order valence-corrected chi connectivity index (χ2v) is 5.51. The van der Waals surface area contributed by atoms with Crippen molar-refractivity contribution < 1.29 is 0 Å². The highest BCUT2D eigenvalue weighted by Gasteiger charge is 2.19. The predicted octanol–water partition coefficient (Wildman–Crippen LogP) is 2.09. The van der Waals surface area contributed by atoms with Crippen molar-refractivity contribution in [2.75, 3.05) is 24.5 Å². The molecule has 0 aliphatic carbocycles. The minimum atomic E-state index is 0.571. The van der Waals surface area contributed by atoms with E-state index in [9.17, 15) is 0 Å². The van der Waals surface area contributed by atoms with Crippen LogP contribution in [0.15, 0.2) is 24.4 Å². The lowest BCUT2D eigenvalue weighted by Crippen LogP contribution is -2.44. The van der Waals surface area contributed by atoms with Gasteiger partial charge in [-0.25, -0.2) is 4.52 Å². The molecule has 5 nitrogen and oxygen atoms in total. The van der Waals surface area contributed by atoms with Crippen LogP contribution in [0.5, 0.6) is 0 Å². The Labute approximate surface area is 120 Å². The topological polar surface area (TPSA) is 45.5 Å². The molecule has 2 aromatic rings. The molecule has 2 aromatic heterocycles. The van der Waals surface area contributed by atoms with Crippen LogP contribution in [0.1, 0.15) is 32.6 Å². The van der Waals surface area contributed by atoms with Crippen LogP contribution < -0.4 is 10.2 Å². The van der Waals surface area contributed by atoms with Gasteiger partial charge in [0.25, 0.3) is 0 Å². The summed E-state index contributed by atoms with van der Waals surface area (Å²) in [5.74, 6) is 0.852. The molecule has 0 saturated carbocycles. The quantitative estimate of drug-likeness (QED) is 0.906. The van der Waals surface area contributed by atoms with E-state index in [-0.39, 0.29) is 0 Å². The zero-order valence-corrected chi connectivity index (χ0v) is 12.1. The Morgan fingerprint density at radius 1 is 1.40 bits per heavy atom. The molecule has 0 amide bonds. The third-order valence-electron chi connectivity index (χ3n) is 3.86. The van der Waals surface area contributed by atoms with E-state index >= 15 is 0 Å². The average Bonchev–Trinajstić information content (AvgIpc) is 2.92. The van der Waals surface area contributed by atoms with Crippen molar-refractivity contribution in [3.8, 4) is 0 Å². The van der Waals surface area contributed by atoms with Gasteiger partial charge in [-0.1, -0.05) is 19.4 Å². The van der Waals surface area contributed by atoms with E-state index in [1.807, 2.05) is 28.9 Å². The zero-order valence-electron chi connectivity index (χ0n) is 12.1.